The van der Waals surface area contributed by atoms with Crippen LogP contribution in [0, 0.1) is 5.92 Å². The molecule has 0 spiro atoms. The van der Waals surface area contributed by atoms with Crippen molar-refractivity contribution in [3.63, 3.8) is 0 Å². The average Bonchev–Trinajstić information content (AvgIpc) is 2.73. The van der Waals surface area contributed by atoms with Crippen molar-refractivity contribution < 1.29 is 19.5 Å². The minimum Gasteiger partial charge on any atom is -0.480 e. The third-order valence-corrected chi connectivity index (χ3v) is 5.56. The molecular formula is C23H46N4O4. The van der Waals surface area contributed by atoms with Gasteiger partial charge in [-0.15, -0.1) is 0 Å². The average molecular weight is 443 g/mol. The Morgan fingerprint density at radius 3 is 1.84 bits per heavy atom. The van der Waals surface area contributed by atoms with Crippen molar-refractivity contribution in [1.82, 2.24) is 20.9 Å². The Hall–Kier alpha value is -1.67. The van der Waals surface area contributed by atoms with Gasteiger partial charge in [0, 0.05) is 0 Å². The fourth-order valence-electron chi connectivity index (χ4n) is 3.25. The van der Waals surface area contributed by atoms with Crippen molar-refractivity contribution >= 4 is 17.8 Å². The van der Waals surface area contributed by atoms with Gasteiger partial charge in [0.25, 0.3) is 0 Å². The number of amides is 2. The molecule has 4 N–H and O–H groups in total. The Kier molecular flexibility index (Phi) is 16.0. The first-order valence-electron chi connectivity index (χ1n) is 11.9. The lowest BCUT2D eigenvalue weighted by atomic mass is 10.0. The van der Waals surface area contributed by atoms with E-state index in [1.807, 2.05) is 13.8 Å². The number of carbonyl (C=O) groups excluding carboxylic acids is 2. The third kappa shape index (κ3) is 12.7. The molecule has 2 amide bonds. The van der Waals surface area contributed by atoms with Crippen molar-refractivity contribution in [3.8, 4) is 0 Å². The predicted octanol–water partition coefficient (Wildman–Crippen LogP) is 2.38. The van der Waals surface area contributed by atoms with Crippen LogP contribution in [0.15, 0.2) is 0 Å². The van der Waals surface area contributed by atoms with E-state index < -0.39 is 30.0 Å². The fraction of sp³-hybridized carbons (Fsp3) is 0.870. The maximum absolute atomic E-state index is 12.7. The lowest BCUT2D eigenvalue weighted by molar-refractivity contribution is -0.142. The molecule has 0 saturated carbocycles. The predicted molar refractivity (Wildman–Crippen MR) is 125 cm³/mol. The summed E-state index contributed by atoms with van der Waals surface area (Å²) >= 11 is 0. The summed E-state index contributed by atoms with van der Waals surface area (Å²) < 4.78 is 0. The number of hydrogen-bond donors (Lipinski definition) is 4. The maximum atomic E-state index is 12.7. The third-order valence-electron chi connectivity index (χ3n) is 5.56. The van der Waals surface area contributed by atoms with Crippen molar-refractivity contribution in [2.45, 2.75) is 97.7 Å². The molecule has 0 saturated heterocycles. The zero-order chi connectivity index (χ0) is 23.8. The monoisotopic (exact) mass is 442 g/mol. The Labute approximate surface area is 188 Å². The number of likely N-dealkylation sites (N-methyl/N-ethyl adjacent to an activating group) is 1. The molecule has 0 aromatic carbocycles. The topological polar surface area (TPSA) is 111 Å². The molecule has 0 aliphatic rings. The summed E-state index contributed by atoms with van der Waals surface area (Å²) in [5.74, 6) is -1.94. The molecule has 0 heterocycles. The second-order valence-electron chi connectivity index (χ2n) is 8.68. The molecule has 0 fully saturated rings. The Balaban J connectivity index is 4.73. The largest absolute Gasteiger partial charge is 0.480 e. The van der Waals surface area contributed by atoms with Crippen LogP contribution >= 0.6 is 0 Å². The first-order valence-corrected chi connectivity index (χ1v) is 11.9. The summed E-state index contributed by atoms with van der Waals surface area (Å²) in [6.45, 7) is 12.8. The van der Waals surface area contributed by atoms with Gasteiger partial charge in [-0.1, -0.05) is 40.5 Å². The molecule has 31 heavy (non-hydrogen) atoms. The Morgan fingerprint density at radius 1 is 0.839 bits per heavy atom. The van der Waals surface area contributed by atoms with Crippen molar-refractivity contribution in [2.24, 2.45) is 5.92 Å². The fourth-order valence-corrected chi connectivity index (χ4v) is 3.25. The highest BCUT2D eigenvalue weighted by molar-refractivity contribution is 5.91. The van der Waals surface area contributed by atoms with Gasteiger partial charge in [0.2, 0.25) is 11.8 Å². The molecule has 0 aliphatic carbocycles. The van der Waals surface area contributed by atoms with Crippen LogP contribution in [0.2, 0.25) is 0 Å². The standard InChI is InChI=1S/C23H46N4O4/c1-7-9-14-27(15-10-8-2)16-12-11-13-19(23(30)31)25-22(29)20(17(3)4)26-21(28)18(5)24-6/h17-20,24H,7-16H2,1-6H3,(H,25,29)(H,26,28)(H,30,31). The number of rotatable bonds is 18. The maximum Gasteiger partial charge on any atom is 0.326 e. The minimum absolute atomic E-state index is 0.159. The number of carboxylic acids is 1. The molecule has 0 radical (unpaired) electrons. The number of carbonyl (C=O) groups is 3. The van der Waals surface area contributed by atoms with E-state index in [9.17, 15) is 19.5 Å². The van der Waals surface area contributed by atoms with E-state index in [4.69, 9.17) is 0 Å². The van der Waals surface area contributed by atoms with E-state index in [1.165, 1.54) is 12.8 Å². The molecule has 0 aliphatic heterocycles. The van der Waals surface area contributed by atoms with Crippen LogP contribution in [0.25, 0.3) is 0 Å². The number of carboxylic acid groups (broad SMARTS) is 1. The van der Waals surface area contributed by atoms with Crippen molar-refractivity contribution in [2.75, 3.05) is 26.7 Å². The van der Waals surface area contributed by atoms with Gasteiger partial charge in [-0.3, -0.25) is 9.59 Å². The van der Waals surface area contributed by atoms with Crippen LogP contribution in [0.4, 0.5) is 0 Å². The van der Waals surface area contributed by atoms with Crippen molar-refractivity contribution in [3.05, 3.63) is 0 Å². The van der Waals surface area contributed by atoms with Gasteiger partial charge < -0.3 is 26.0 Å². The quantitative estimate of drug-likeness (QED) is 0.243. The van der Waals surface area contributed by atoms with Gasteiger partial charge in [-0.05, 0) is 71.6 Å². The molecule has 8 nitrogen and oxygen atoms in total. The van der Waals surface area contributed by atoms with E-state index in [1.54, 1.807) is 14.0 Å². The molecular weight excluding hydrogens is 396 g/mol. The highest BCUT2D eigenvalue weighted by Gasteiger charge is 2.29. The SMILES string of the molecule is CCCCN(CCCC)CCCCC(NC(=O)C(NC(=O)C(C)NC)C(C)C)C(=O)O. The summed E-state index contributed by atoms with van der Waals surface area (Å²) in [5.41, 5.74) is 0. The van der Waals surface area contributed by atoms with Gasteiger partial charge in [-0.2, -0.15) is 0 Å². The van der Waals surface area contributed by atoms with Crippen LogP contribution < -0.4 is 16.0 Å². The van der Waals surface area contributed by atoms with Gasteiger partial charge in [-0.25, -0.2) is 4.79 Å². The molecule has 3 atom stereocenters. The molecule has 182 valence electrons. The van der Waals surface area contributed by atoms with Crippen molar-refractivity contribution in [1.29, 1.82) is 0 Å². The minimum atomic E-state index is -1.04. The Morgan fingerprint density at radius 2 is 1.39 bits per heavy atom. The van der Waals surface area contributed by atoms with E-state index in [-0.39, 0.29) is 11.8 Å². The van der Waals surface area contributed by atoms with E-state index in [2.05, 4.69) is 34.7 Å². The smallest absolute Gasteiger partial charge is 0.326 e. The van der Waals surface area contributed by atoms with Gasteiger partial charge in [0.05, 0.1) is 6.04 Å². The van der Waals surface area contributed by atoms with E-state index >= 15 is 0 Å². The number of unbranched alkanes of at least 4 members (excludes halogenated alkanes) is 3. The van der Waals surface area contributed by atoms with Gasteiger partial charge in [0.15, 0.2) is 0 Å². The lowest BCUT2D eigenvalue weighted by Crippen LogP contribution is -2.56. The Bertz CT molecular complexity index is 520. The zero-order valence-electron chi connectivity index (χ0n) is 20.5. The molecule has 0 bridgehead atoms. The summed E-state index contributed by atoms with van der Waals surface area (Å²) in [7, 11) is 1.67. The first kappa shape index (κ1) is 29.3. The van der Waals surface area contributed by atoms with Crippen LogP contribution in [0.3, 0.4) is 0 Å². The van der Waals surface area contributed by atoms with Gasteiger partial charge >= 0.3 is 5.97 Å². The summed E-state index contributed by atoms with van der Waals surface area (Å²) in [6.07, 6.45) is 6.67. The number of aliphatic carboxylic acids is 1. The van der Waals surface area contributed by atoms with E-state index in [0.717, 1.165) is 45.3 Å². The summed E-state index contributed by atoms with van der Waals surface area (Å²) in [6, 6.07) is -2.16. The summed E-state index contributed by atoms with van der Waals surface area (Å²) in [5, 5.41) is 17.8. The van der Waals surface area contributed by atoms with Crippen LogP contribution in [0.5, 0.6) is 0 Å². The zero-order valence-corrected chi connectivity index (χ0v) is 20.5. The number of hydrogen-bond acceptors (Lipinski definition) is 5. The molecule has 0 aromatic heterocycles. The number of nitrogens with one attached hydrogen (secondary N) is 3. The molecule has 8 heteroatoms. The second-order valence-corrected chi connectivity index (χ2v) is 8.68. The number of nitrogens with zero attached hydrogens (tertiary/aromatic N) is 1. The normalized spacial score (nSPS) is 14.3. The van der Waals surface area contributed by atoms with Crippen LogP contribution in [0.1, 0.15) is 79.6 Å². The van der Waals surface area contributed by atoms with Crippen LogP contribution in [-0.4, -0.2) is 72.6 Å². The molecule has 0 aromatic rings. The highest BCUT2D eigenvalue weighted by atomic mass is 16.4. The summed E-state index contributed by atoms with van der Waals surface area (Å²) in [4.78, 5) is 39.0. The lowest BCUT2D eigenvalue weighted by Gasteiger charge is -2.25. The molecule has 3 unspecified atom stereocenters. The highest BCUT2D eigenvalue weighted by Crippen LogP contribution is 2.08. The van der Waals surface area contributed by atoms with E-state index in [0.29, 0.717) is 6.42 Å². The van der Waals surface area contributed by atoms with Gasteiger partial charge in [0.1, 0.15) is 12.1 Å². The first-order chi connectivity index (χ1) is 14.7. The molecule has 0 rings (SSSR count). The second kappa shape index (κ2) is 17.0. The van der Waals surface area contributed by atoms with Crippen LogP contribution in [-0.2, 0) is 14.4 Å².